The number of halogens is 2. The van der Waals surface area contributed by atoms with E-state index < -0.39 is 30.1 Å². The van der Waals surface area contributed by atoms with Crippen LogP contribution in [0.25, 0.3) is 0 Å². The van der Waals surface area contributed by atoms with Crippen molar-refractivity contribution in [1.82, 2.24) is 10.2 Å². The molecule has 0 bridgehead atoms. The van der Waals surface area contributed by atoms with Crippen LogP contribution in [-0.2, 0) is 26.2 Å². The van der Waals surface area contributed by atoms with Crippen molar-refractivity contribution in [2.45, 2.75) is 56.3 Å². The molecule has 2 heterocycles. The molecule has 0 radical (unpaired) electrons. The molecule has 3 aromatic rings. The Labute approximate surface area is 232 Å². The Morgan fingerprint density at radius 3 is 2.48 bits per heavy atom. The summed E-state index contributed by atoms with van der Waals surface area (Å²) in [6.07, 6.45) is 0.563. The Morgan fingerprint density at radius 1 is 1.02 bits per heavy atom. The summed E-state index contributed by atoms with van der Waals surface area (Å²) in [4.78, 5) is 42.2. The second-order valence-electron chi connectivity index (χ2n) is 11.3. The lowest BCUT2D eigenvalue weighted by molar-refractivity contribution is -0.138. The van der Waals surface area contributed by atoms with E-state index in [0.717, 1.165) is 24.0 Å². The van der Waals surface area contributed by atoms with Crippen molar-refractivity contribution in [3.63, 3.8) is 0 Å². The number of rotatable bonds is 7. The van der Waals surface area contributed by atoms with Crippen LogP contribution in [0.3, 0.4) is 0 Å². The Morgan fingerprint density at radius 2 is 1.75 bits per heavy atom. The Kier molecular flexibility index (Phi) is 6.64. The SMILES string of the molecule is CC1(c2ccc([C@@H](NC(=O)[C@@H]3C[C@@H](F)CN3C(=O)CN3C(=O)Cc4ccccc43)c3ccccc3)cc2F)CC1. The molecule has 2 aliphatic heterocycles. The van der Waals surface area contributed by atoms with Crippen LogP contribution in [0, 0.1) is 5.82 Å². The molecule has 206 valence electrons. The number of alkyl halides is 1. The minimum absolute atomic E-state index is 0.144. The van der Waals surface area contributed by atoms with E-state index in [1.54, 1.807) is 18.2 Å². The zero-order valence-corrected chi connectivity index (χ0v) is 22.3. The van der Waals surface area contributed by atoms with E-state index in [9.17, 15) is 18.8 Å². The van der Waals surface area contributed by atoms with Crippen LogP contribution in [0.15, 0.2) is 72.8 Å². The van der Waals surface area contributed by atoms with Gasteiger partial charge in [-0.25, -0.2) is 8.78 Å². The van der Waals surface area contributed by atoms with E-state index in [2.05, 4.69) is 5.32 Å². The lowest BCUT2D eigenvalue weighted by Gasteiger charge is -2.28. The summed E-state index contributed by atoms with van der Waals surface area (Å²) < 4.78 is 29.9. The van der Waals surface area contributed by atoms with Gasteiger partial charge in [0, 0.05) is 12.1 Å². The molecule has 2 fully saturated rings. The monoisotopic (exact) mass is 543 g/mol. The number of benzene rings is 3. The molecule has 3 atom stereocenters. The number of hydrogen-bond acceptors (Lipinski definition) is 3. The maximum atomic E-state index is 15.2. The van der Waals surface area contributed by atoms with Gasteiger partial charge in [0.15, 0.2) is 0 Å². The van der Waals surface area contributed by atoms with E-state index in [0.29, 0.717) is 16.8 Å². The fraction of sp³-hybridized carbons (Fsp3) is 0.344. The van der Waals surface area contributed by atoms with Crippen LogP contribution in [0.4, 0.5) is 14.5 Å². The number of fused-ring (bicyclic) bond motifs is 1. The van der Waals surface area contributed by atoms with Crippen molar-refractivity contribution in [2.24, 2.45) is 0 Å². The first-order valence-electron chi connectivity index (χ1n) is 13.7. The van der Waals surface area contributed by atoms with Crippen molar-refractivity contribution < 1.29 is 23.2 Å². The molecule has 40 heavy (non-hydrogen) atoms. The predicted octanol–water partition coefficient (Wildman–Crippen LogP) is 4.61. The molecular weight excluding hydrogens is 512 g/mol. The predicted molar refractivity (Wildman–Crippen MR) is 147 cm³/mol. The Hall–Kier alpha value is -4.07. The molecular formula is C32H31F2N3O3. The van der Waals surface area contributed by atoms with Crippen LogP contribution in [0.1, 0.15) is 54.5 Å². The van der Waals surface area contributed by atoms with Gasteiger partial charge in [-0.2, -0.15) is 0 Å². The van der Waals surface area contributed by atoms with E-state index in [-0.39, 0.29) is 43.1 Å². The van der Waals surface area contributed by atoms with Gasteiger partial charge in [0.05, 0.1) is 19.0 Å². The normalized spacial score (nSPS) is 21.7. The maximum absolute atomic E-state index is 15.2. The van der Waals surface area contributed by atoms with Gasteiger partial charge in [-0.3, -0.25) is 14.4 Å². The van der Waals surface area contributed by atoms with Crippen LogP contribution in [0.5, 0.6) is 0 Å². The smallest absolute Gasteiger partial charge is 0.243 e. The molecule has 6 nitrogen and oxygen atoms in total. The average Bonchev–Trinajstić information content (AvgIpc) is 3.44. The van der Waals surface area contributed by atoms with Gasteiger partial charge in [0.2, 0.25) is 17.7 Å². The number of anilines is 1. The van der Waals surface area contributed by atoms with Gasteiger partial charge in [0.25, 0.3) is 0 Å². The highest BCUT2D eigenvalue weighted by Crippen LogP contribution is 2.48. The molecule has 1 aliphatic carbocycles. The van der Waals surface area contributed by atoms with Crippen molar-refractivity contribution >= 4 is 23.4 Å². The number of carbonyl (C=O) groups excluding carboxylic acids is 3. The zero-order chi connectivity index (χ0) is 28.0. The number of hydrogen-bond donors (Lipinski definition) is 1. The van der Waals surface area contributed by atoms with Crippen molar-refractivity contribution in [3.8, 4) is 0 Å². The number of nitrogens with one attached hydrogen (secondary N) is 1. The second kappa shape index (κ2) is 10.2. The van der Waals surface area contributed by atoms with E-state index in [1.807, 2.05) is 55.5 Å². The molecule has 3 aliphatic rings. The Bertz CT molecular complexity index is 1470. The van der Waals surface area contributed by atoms with Gasteiger partial charge in [-0.15, -0.1) is 0 Å². The molecule has 1 saturated carbocycles. The summed E-state index contributed by atoms with van der Waals surface area (Å²) in [5.41, 5.74) is 3.32. The van der Waals surface area contributed by atoms with Crippen molar-refractivity contribution in [3.05, 3.63) is 101 Å². The van der Waals surface area contributed by atoms with E-state index in [4.69, 9.17) is 0 Å². The molecule has 0 spiro atoms. The third kappa shape index (κ3) is 4.87. The summed E-state index contributed by atoms with van der Waals surface area (Å²) in [6.45, 7) is 1.55. The summed E-state index contributed by atoms with van der Waals surface area (Å²) in [5, 5.41) is 2.97. The quantitative estimate of drug-likeness (QED) is 0.473. The summed E-state index contributed by atoms with van der Waals surface area (Å²) in [6, 6.07) is 19.8. The standard InChI is InChI=1S/C32H31F2N3O3/c1-32(13-14-32)24-12-11-22(15-25(24)34)30(20-7-3-2-4-8-20)35-31(40)27-17-23(33)18-36(27)29(39)19-37-26-10-6-5-9-21(26)16-28(37)38/h2-12,15,23,27,30H,13-14,16-19H2,1H3,(H,35,40)/t23-,27+,30+/m1/s1. The first-order chi connectivity index (χ1) is 19.2. The maximum Gasteiger partial charge on any atom is 0.243 e. The molecule has 0 aromatic heterocycles. The first-order valence-corrected chi connectivity index (χ1v) is 13.7. The third-order valence-electron chi connectivity index (χ3n) is 8.49. The average molecular weight is 544 g/mol. The minimum atomic E-state index is -1.37. The lowest BCUT2D eigenvalue weighted by Crippen LogP contribution is -2.50. The van der Waals surface area contributed by atoms with Crippen LogP contribution < -0.4 is 10.2 Å². The minimum Gasteiger partial charge on any atom is -0.343 e. The van der Waals surface area contributed by atoms with Gasteiger partial charge in [0.1, 0.15) is 24.6 Å². The molecule has 6 rings (SSSR count). The van der Waals surface area contributed by atoms with Gasteiger partial charge < -0.3 is 15.1 Å². The first kappa shape index (κ1) is 26.2. The highest BCUT2D eigenvalue weighted by Gasteiger charge is 2.43. The number of para-hydroxylation sites is 1. The van der Waals surface area contributed by atoms with E-state index >= 15 is 4.39 Å². The number of carbonyl (C=O) groups is 3. The van der Waals surface area contributed by atoms with Crippen LogP contribution in [0.2, 0.25) is 0 Å². The molecule has 3 aromatic carbocycles. The fourth-order valence-electron chi connectivity index (χ4n) is 5.92. The van der Waals surface area contributed by atoms with Crippen LogP contribution in [-0.4, -0.2) is 47.9 Å². The Balaban J connectivity index is 1.23. The molecule has 0 unspecified atom stereocenters. The lowest BCUT2D eigenvalue weighted by atomic mass is 9.92. The molecule has 8 heteroatoms. The highest BCUT2D eigenvalue weighted by molar-refractivity contribution is 6.05. The number of amides is 3. The molecule has 3 amide bonds. The summed E-state index contributed by atoms with van der Waals surface area (Å²) in [5.74, 6) is -1.53. The topological polar surface area (TPSA) is 69.7 Å². The van der Waals surface area contributed by atoms with Gasteiger partial charge in [-0.05, 0) is 52.6 Å². The summed E-state index contributed by atoms with van der Waals surface area (Å²) in [7, 11) is 0. The zero-order valence-electron chi connectivity index (χ0n) is 22.3. The fourth-order valence-corrected chi connectivity index (χ4v) is 5.92. The van der Waals surface area contributed by atoms with Gasteiger partial charge >= 0.3 is 0 Å². The highest BCUT2D eigenvalue weighted by atomic mass is 19.1. The molecule has 1 saturated heterocycles. The van der Waals surface area contributed by atoms with Crippen LogP contribution >= 0.6 is 0 Å². The summed E-state index contributed by atoms with van der Waals surface area (Å²) >= 11 is 0. The van der Waals surface area contributed by atoms with Crippen molar-refractivity contribution in [2.75, 3.05) is 18.0 Å². The second-order valence-corrected chi connectivity index (χ2v) is 11.3. The van der Waals surface area contributed by atoms with Gasteiger partial charge in [-0.1, -0.05) is 67.6 Å². The largest absolute Gasteiger partial charge is 0.343 e. The van der Waals surface area contributed by atoms with E-state index in [1.165, 1.54) is 15.9 Å². The number of likely N-dealkylation sites (tertiary alicyclic amines) is 1. The third-order valence-corrected chi connectivity index (χ3v) is 8.49. The number of nitrogens with zero attached hydrogens (tertiary/aromatic N) is 2. The van der Waals surface area contributed by atoms with Crippen molar-refractivity contribution in [1.29, 1.82) is 0 Å². The molecule has 1 N–H and O–H groups in total.